The molecule has 0 aromatic carbocycles. The van der Waals surface area contributed by atoms with Crippen LogP contribution in [-0.4, -0.2) is 6.61 Å². The van der Waals surface area contributed by atoms with Crippen LogP contribution in [0.3, 0.4) is 0 Å². The lowest BCUT2D eigenvalue weighted by molar-refractivity contribution is 0.421. The minimum absolute atomic E-state index is 0.435. The zero-order chi connectivity index (χ0) is 6.62. The van der Waals surface area contributed by atoms with Gasteiger partial charge in [0, 0.05) is 0 Å². The fraction of sp³-hybridized carbons (Fsp3) is 0.333. The van der Waals surface area contributed by atoms with E-state index in [-0.39, 0.29) is 0 Å². The van der Waals surface area contributed by atoms with E-state index in [1.54, 1.807) is 6.08 Å². The lowest BCUT2D eigenvalue weighted by atomic mass is 10.7. The van der Waals surface area contributed by atoms with Crippen molar-refractivity contribution in [1.82, 2.24) is 0 Å². The first-order valence-electron chi connectivity index (χ1n) is 1.87. The molecule has 48 valence electrons. The summed E-state index contributed by atoms with van der Waals surface area (Å²) in [7, 11) is 0. The fourth-order valence-electron chi connectivity index (χ4n) is 0.150. The van der Waals surface area contributed by atoms with Crippen molar-refractivity contribution in [1.29, 1.82) is 0 Å². The van der Waals surface area contributed by atoms with Crippen molar-refractivity contribution in [2.45, 2.75) is 0 Å². The van der Waals surface area contributed by atoms with Crippen molar-refractivity contribution in [3.8, 4) is 0 Å². The Morgan fingerprint density at radius 2 is 2.25 bits per heavy atom. The lowest BCUT2D eigenvalue weighted by Crippen LogP contribution is -1.77. The Labute approximate surface area is 64.9 Å². The zero-order valence-corrected chi connectivity index (χ0v) is 7.65. The van der Waals surface area contributed by atoms with Crippen molar-refractivity contribution in [2.75, 3.05) is 6.61 Å². The van der Waals surface area contributed by atoms with Gasteiger partial charge in [0.1, 0.15) is 0 Å². The molecule has 0 N–H and O–H groups in total. The molecular formula is C3H7OPS3. The summed E-state index contributed by atoms with van der Waals surface area (Å²) in [6.45, 7) is 3.88. The predicted octanol–water partition coefficient (Wildman–Crippen LogP) is 2.27. The molecule has 0 fully saturated rings. The Bertz CT molecular complexity index is 118. The second kappa shape index (κ2) is 3.96. The van der Waals surface area contributed by atoms with Crippen molar-refractivity contribution < 1.29 is 4.52 Å². The monoisotopic (exact) mass is 186 g/mol. The van der Waals surface area contributed by atoms with E-state index in [2.05, 4.69) is 31.1 Å². The van der Waals surface area contributed by atoms with Crippen LogP contribution in [0.5, 0.6) is 0 Å². The van der Waals surface area contributed by atoms with Gasteiger partial charge >= 0.3 is 0 Å². The lowest BCUT2D eigenvalue weighted by Gasteiger charge is -2.05. The van der Waals surface area contributed by atoms with Gasteiger partial charge in [-0.25, -0.2) is 0 Å². The van der Waals surface area contributed by atoms with E-state index >= 15 is 0 Å². The van der Waals surface area contributed by atoms with Crippen LogP contribution in [0.15, 0.2) is 12.7 Å². The molecular weight excluding hydrogens is 179 g/mol. The van der Waals surface area contributed by atoms with Crippen LogP contribution >= 0.6 is 29.2 Å². The van der Waals surface area contributed by atoms with Gasteiger partial charge in [0.05, 0.1) is 6.61 Å². The third-order valence-corrected chi connectivity index (χ3v) is 1.86. The third kappa shape index (κ3) is 7.05. The maximum Gasteiger partial charge on any atom is 0.168 e. The van der Waals surface area contributed by atoms with Gasteiger partial charge in [0.2, 0.25) is 0 Å². The largest absolute Gasteiger partial charge is 0.330 e. The fourth-order valence-corrected chi connectivity index (χ4v) is 1.03. The summed E-state index contributed by atoms with van der Waals surface area (Å²) in [5, 5.41) is 0. The summed E-state index contributed by atoms with van der Waals surface area (Å²) in [6, 6.07) is 0. The molecule has 0 aliphatic carbocycles. The van der Waals surface area contributed by atoms with Gasteiger partial charge in [0.25, 0.3) is 0 Å². The molecule has 0 aromatic rings. The summed E-state index contributed by atoms with van der Waals surface area (Å²) in [6.07, 6.45) is 1.62. The Balaban J connectivity index is 3.40. The molecule has 5 heteroatoms. The van der Waals surface area contributed by atoms with Gasteiger partial charge in [-0.15, -0.1) is 31.1 Å². The standard InChI is InChI=1S/C3H7OPS3/c1-2-3-4-5(6,7)8/h2H,1,3H2,(H2,6,7,8). The molecule has 0 aliphatic rings. The first-order chi connectivity index (χ1) is 3.56. The molecule has 0 saturated carbocycles. The van der Waals surface area contributed by atoms with E-state index < -0.39 is 4.67 Å². The number of rotatable bonds is 3. The minimum atomic E-state index is -2.03. The normalized spacial score (nSPS) is 11.2. The smallest absolute Gasteiger partial charge is 0.168 e. The van der Waals surface area contributed by atoms with Crippen LogP contribution < -0.4 is 0 Å². The van der Waals surface area contributed by atoms with Gasteiger partial charge in [0.15, 0.2) is 4.67 Å². The van der Waals surface area contributed by atoms with E-state index in [9.17, 15) is 0 Å². The molecule has 0 amide bonds. The Hall–Kier alpha value is 1.05. The third-order valence-electron chi connectivity index (χ3n) is 0.361. The van der Waals surface area contributed by atoms with E-state index in [0.717, 1.165) is 0 Å². The Morgan fingerprint density at radius 1 is 1.75 bits per heavy atom. The van der Waals surface area contributed by atoms with Gasteiger partial charge in [-0.1, -0.05) is 6.08 Å². The van der Waals surface area contributed by atoms with Crippen LogP contribution in [0.2, 0.25) is 0 Å². The Morgan fingerprint density at radius 3 is 2.38 bits per heavy atom. The summed E-state index contributed by atoms with van der Waals surface area (Å²) in [5.41, 5.74) is 0. The summed E-state index contributed by atoms with van der Waals surface area (Å²) in [5.74, 6) is 0. The molecule has 0 heterocycles. The van der Waals surface area contributed by atoms with Crippen molar-refractivity contribution in [3.05, 3.63) is 12.7 Å². The molecule has 0 unspecified atom stereocenters. The number of thiol groups is 2. The number of hydrogen-bond donors (Lipinski definition) is 2. The second-order valence-electron chi connectivity index (χ2n) is 1.08. The van der Waals surface area contributed by atoms with Crippen LogP contribution in [0.1, 0.15) is 0 Å². The van der Waals surface area contributed by atoms with Crippen LogP contribution in [0, 0.1) is 0 Å². The molecule has 0 spiro atoms. The predicted molar refractivity (Wildman–Crippen MR) is 48.4 cm³/mol. The van der Waals surface area contributed by atoms with Gasteiger partial charge in [-0.2, -0.15) is 0 Å². The van der Waals surface area contributed by atoms with E-state index in [0.29, 0.717) is 6.61 Å². The average Bonchev–Trinajstić information content (AvgIpc) is 1.59. The molecule has 0 saturated heterocycles. The highest BCUT2D eigenvalue weighted by Crippen LogP contribution is 2.56. The van der Waals surface area contributed by atoms with Gasteiger partial charge < -0.3 is 4.52 Å². The summed E-state index contributed by atoms with van der Waals surface area (Å²) in [4.78, 5) is 0. The number of hydrogen-bond acceptors (Lipinski definition) is 2. The van der Waals surface area contributed by atoms with E-state index in [1.165, 1.54) is 0 Å². The van der Waals surface area contributed by atoms with Crippen LogP contribution in [-0.2, 0) is 16.3 Å². The highest BCUT2D eigenvalue weighted by molar-refractivity contribution is 8.90. The zero-order valence-electron chi connectivity index (χ0n) is 4.15. The molecule has 0 aromatic heterocycles. The molecule has 0 aliphatic heterocycles. The SMILES string of the molecule is C=CCOP(=S)(S)S. The average molecular weight is 186 g/mol. The second-order valence-corrected chi connectivity index (χ2v) is 9.81. The Kier molecular flexibility index (Phi) is 4.48. The van der Waals surface area contributed by atoms with Gasteiger partial charge in [-0.3, -0.25) is 0 Å². The molecule has 1 nitrogen and oxygen atoms in total. The first kappa shape index (κ1) is 9.05. The summed E-state index contributed by atoms with van der Waals surface area (Å²) >= 11 is 12.5. The minimum Gasteiger partial charge on any atom is -0.330 e. The van der Waals surface area contributed by atoms with Crippen molar-refractivity contribution in [2.24, 2.45) is 0 Å². The van der Waals surface area contributed by atoms with E-state index in [4.69, 9.17) is 16.3 Å². The maximum absolute atomic E-state index is 4.91. The van der Waals surface area contributed by atoms with Crippen LogP contribution in [0.25, 0.3) is 0 Å². The molecule has 0 rings (SSSR count). The molecule has 0 atom stereocenters. The van der Waals surface area contributed by atoms with Crippen molar-refractivity contribution in [3.63, 3.8) is 0 Å². The maximum atomic E-state index is 4.91. The quantitative estimate of drug-likeness (QED) is 0.397. The highest BCUT2D eigenvalue weighted by atomic mass is 33.2. The first-order valence-corrected chi connectivity index (χ1v) is 6.90. The van der Waals surface area contributed by atoms with Gasteiger partial charge in [-0.05, 0) is 11.8 Å². The molecule has 0 bridgehead atoms. The molecule has 0 radical (unpaired) electrons. The highest BCUT2D eigenvalue weighted by Gasteiger charge is 2.00. The topological polar surface area (TPSA) is 9.23 Å². The van der Waals surface area contributed by atoms with E-state index in [1.807, 2.05) is 0 Å². The van der Waals surface area contributed by atoms with Crippen molar-refractivity contribution >= 4 is 41.0 Å². The summed E-state index contributed by atoms with van der Waals surface area (Å²) < 4.78 is 2.88. The van der Waals surface area contributed by atoms with Crippen LogP contribution in [0.4, 0.5) is 0 Å². The molecule has 8 heavy (non-hydrogen) atoms.